The Morgan fingerprint density at radius 2 is 2.11 bits per heavy atom. The van der Waals surface area contributed by atoms with Crippen molar-refractivity contribution in [3.8, 4) is 11.4 Å². The lowest BCUT2D eigenvalue weighted by molar-refractivity contribution is -0.141. The number of hydrogen-bond acceptors (Lipinski definition) is 7. The summed E-state index contributed by atoms with van der Waals surface area (Å²) in [6, 6.07) is 9.59. The van der Waals surface area contributed by atoms with Crippen LogP contribution in [-0.4, -0.2) is 39.1 Å². The number of carboxylic acids is 1. The summed E-state index contributed by atoms with van der Waals surface area (Å²) in [5.74, 6) is -0.331. The summed E-state index contributed by atoms with van der Waals surface area (Å²) >= 11 is 1.50. The minimum atomic E-state index is -0.724. The summed E-state index contributed by atoms with van der Waals surface area (Å²) in [5, 5.41) is 15.1. The minimum Gasteiger partial charge on any atom is -0.481 e. The average molecular weight is 462 g/mol. The third-order valence-electron chi connectivity index (χ3n) is 4.55. The molecule has 9 heteroatoms. The molecule has 2 N–H and O–H groups in total. The molecule has 1 atom stereocenters. The Bertz CT molecular complexity index is 920. The van der Waals surface area contributed by atoms with Crippen molar-refractivity contribution in [2.75, 3.05) is 23.3 Å². The van der Waals surface area contributed by atoms with Crippen LogP contribution in [0.3, 0.4) is 0 Å². The number of carbonyl (C=O) groups is 1. The highest BCUT2D eigenvalue weighted by Crippen LogP contribution is 2.27. The van der Waals surface area contributed by atoms with Gasteiger partial charge in [-0.15, -0.1) is 28.3 Å². The topological polar surface area (TPSA) is 91.2 Å². The number of carboxylic acid groups (broad SMARTS) is 1. The number of nitrogens with zero attached hydrogens (tertiary/aromatic N) is 4. The molecule has 1 aliphatic rings. The number of aromatic nitrogens is 3. The molecule has 1 unspecified atom stereocenters. The lowest BCUT2D eigenvalue weighted by atomic mass is 9.98. The standard InChI is InChI=1S/C19H19N5O2S.BrH/c25-18(26)13-4-3-9-24(11-13)14-6-7-17(21-10-14)23-19-22-16(12-27-19)15-5-1-2-8-20-15;/h1-2,5-8,10,12-13H,3-4,9,11H2,(H,25,26)(H,21,22,23);1H. The lowest BCUT2D eigenvalue weighted by Gasteiger charge is -2.32. The van der Waals surface area contributed by atoms with E-state index in [4.69, 9.17) is 0 Å². The second-order valence-electron chi connectivity index (χ2n) is 6.40. The highest BCUT2D eigenvalue weighted by atomic mass is 79.9. The van der Waals surface area contributed by atoms with Gasteiger partial charge in [-0.25, -0.2) is 9.97 Å². The Kier molecular flexibility index (Phi) is 6.58. The Balaban J connectivity index is 0.00000225. The zero-order valence-electron chi connectivity index (χ0n) is 15.0. The van der Waals surface area contributed by atoms with Gasteiger partial charge in [0.25, 0.3) is 0 Å². The number of piperidine rings is 1. The number of hydrogen-bond donors (Lipinski definition) is 2. The van der Waals surface area contributed by atoms with Crippen molar-refractivity contribution < 1.29 is 9.90 Å². The molecule has 0 radical (unpaired) electrons. The predicted molar refractivity (Wildman–Crippen MR) is 116 cm³/mol. The van der Waals surface area contributed by atoms with E-state index in [0.29, 0.717) is 12.4 Å². The molecular formula is C19H20BrN5O2S. The molecule has 3 aromatic rings. The van der Waals surface area contributed by atoms with Gasteiger partial charge in [-0.2, -0.15) is 0 Å². The van der Waals surface area contributed by atoms with E-state index in [1.54, 1.807) is 12.4 Å². The Morgan fingerprint density at radius 1 is 1.21 bits per heavy atom. The molecule has 3 aromatic heterocycles. The number of nitrogens with one attached hydrogen (secondary N) is 1. The fourth-order valence-corrected chi connectivity index (χ4v) is 3.84. The van der Waals surface area contributed by atoms with Gasteiger partial charge in [-0.05, 0) is 37.1 Å². The Labute approximate surface area is 177 Å². The number of rotatable bonds is 5. The van der Waals surface area contributed by atoms with Crippen LogP contribution >= 0.6 is 28.3 Å². The monoisotopic (exact) mass is 461 g/mol. The highest BCUT2D eigenvalue weighted by molar-refractivity contribution is 8.93. The average Bonchev–Trinajstić information content (AvgIpc) is 3.18. The molecule has 0 saturated carbocycles. The van der Waals surface area contributed by atoms with Crippen LogP contribution in [-0.2, 0) is 4.79 Å². The second kappa shape index (κ2) is 9.11. The summed E-state index contributed by atoms with van der Waals surface area (Å²) in [4.78, 5) is 26.6. The Morgan fingerprint density at radius 3 is 2.82 bits per heavy atom. The van der Waals surface area contributed by atoms with Gasteiger partial charge in [0, 0.05) is 24.7 Å². The minimum absolute atomic E-state index is 0. The number of halogens is 1. The normalized spacial score (nSPS) is 16.3. The number of thiazole rings is 1. The van der Waals surface area contributed by atoms with Gasteiger partial charge in [0.05, 0.1) is 23.5 Å². The van der Waals surface area contributed by atoms with E-state index < -0.39 is 5.97 Å². The summed E-state index contributed by atoms with van der Waals surface area (Å²) in [5.41, 5.74) is 2.61. The van der Waals surface area contributed by atoms with E-state index >= 15 is 0 Å². The van der Waals surface area contributed by atoms with E-state index in [1.165, 1.54) is 11.3 Å². The van der Waals surface area contributed by atoms with Crippen LogP contribution in [0, 0.1) is 5.92 Å². The molecule has 7 nitrogen and oxygen atoms in total. The molecule has 0 spiro atoms. The van der Waals surface area contributed by atoms with Gasteiger partial charge in [0.2, 0.25) is 0 Å². The molecule has 1 saturated heterocycles. The highest BCUT2D eigenvalue weighted by Gasteiger charge is 2.25. The second-order valence-corrected chi connectivity index (χ2v) is 7.26. The molecule has 0 amide bonds. The van der Waals surface area contributed by atoms with Gasteiger partial charge in [0.1, 0.15) is 11.5 Å². The van der Waals surface area contributed by atoms with Crippen molar-refractivity contribution in [1.29, 1.82) is 0 Å². The van der Waals surface area contributed by atoms with Crippen LogP contribution in [0.2, 0.25) is 0 Å². The van der Waals surface area contributed by atoms with E-state index in [-0.39, 0.29) is 22.9 Å². The third kappa shape index (κ3) is 4.66. The fourth-order valence-electron chi connectivity index (χ4n) is 3.13. The van der Waals surface area contributed by atoms with Crippen LogP contribution in [0.25, 0.3) is 11.4 Å². The van der Waals surface area contributed by atoms with Crippen molar-refractivity contribution >= 4 is 50.9 Å². The van der Waals surface area contributed by atoms with Crippen LogP contribution in [0.15, 0.2) is 48.1 Å². The van der Waals surface area contributed by atoms with E-state index in [0.717, 1.165) is 41.6 Å². The molecule has 1 aliphatic heterocycles. The molecule has 1 fully saturated rings. The summed E-state index contributed by atoms with van der Waals surface area (Å²) in [7, 11) is 0. The maximum absolute atomic E-state index is 11.2. The van der Waals surface area contributed by atoms with Crippen molar-refractivity contribution in [3.63, 3.8) is 0 Å². The molecule has 146 valence electrons. The Hall–Kier alpha value is -2.52. The predicted octanol–water partition coefficient (Wildman–Crippen LogP) is 4.22. The van der Waals surface area contributed by atoms with Crippen molar-refractivity contribution in [3.05, 3.63) is 48.1 Å². The van der Waals surface area contributed by atoms with Crippen LogP contribution in [0.4, 0.5) is 16.6 Å². The summed E-state index contributed by atoms with van der Waals surface area (Å²) < 4.78 is 0. The first-order valence-electron chi connectivity index (χ1n) is 8.77. The molecule has 0 aliphatic carbocycles. The summed E-state index contributed by atoms with van der Waals surface area (Å²) in [6.45, 7) is 1.39. The van der Waals surface area contributed by atoms with Gasteiger partial charge >= 0.3 is 5.97 Å². The smallest absolute Gasteiger partial charge is 0.308 e. The molecule has 4 rings (SSSR count). The largest absolute Gasteiger partial charge is 0.481 e. The van der Waals surface area contributed by atoms with Gasteiger partial charge < -0.3 is 15.3 Å². The lowest BCUT2D eigenvalue weighted by Crippen LogP contribution is -2.38. The van der Waals surface area contributed by atoms with Gasteiger partial charge in [-0.1, -0.05) is 6.07 Å². The molecule has 0 aromatic carbocycles. The van der Waals surface area contributed by atoms with E-state index in [2.05, 4.69) is 25.2 Å². The van der Waals surface area contributed by atoms with Crippen LogP contribution in [0.5, 0.6) is 0 Å². The fraction of sp³-hybridized carbons (Fsp3) is 0.263. The van der Waals surface area contributed by atoms with E-state index in [9.17, 15) is 9.90 Å². The zero-order chi connectivity index (χ0) is 18.6. The molecule has 0 bridgehead atoms. The quantitative estimate of drug-likeness (QED) is 0.587. The van der Waals surface area contributed by atoms with Crippen molar-refractivity contribution in [1.82, 2.24) is 15.0 Å². The molecule has 28 heavy (non-hydrogen) atoms. The molecular weight excluding hydrogens is 442 g/mol. The third-order valence-corrected chi connectivity index (χ3v) is 5.31. The summed E-state index contributed by atoms with van der Waals surface area (Å²) in [6.07, 6.45) is 5.14. The van der Waals surface area contributed by atoms with Gasteiger partial charge in [-0.3, -0.25) is 9.78 Å². The number of aliphatic carboxylic acids is 1. The van der Waals surface area contributed by atoms with Crippen molar-refractivity contribution in [2.24, 2.45) is 5.92 Å². The SMILES string of the molecule is Br.O=C(O)C1CCCN(c2ccc(Nc3nc(-c4ccccn4)cs3)nc2)C1. The number of anilines is 3. The van der Waals surface area contributed by atoms with Crippen LogP contribution in [0.1, 0.15) is 12.8 Å². The molecule has 4 heterocycles. The van der Waals surface area contributed by atoms with Gasteiger partial charge in [0.15, 0.2) is 5.13 Å². The zero-order valence-corrected chi connectivity index (χ0v) is 17.5. The maximum Gasteiger partial charge on any atom is 0.308 e. The van der Waals surface area contributed by atoms with Crippen molar-refractivity contribution in [2.45, 2.75) is 12.8 Å². The maximum atomic E-state index is 11.2. The number of pyridine rings is 2. The van der Waals surface area contributed by atoms with E-state index in [1.807, 2.05) is 35.7 Å². The first-order valence-corrected chi connectivity index (χ1v) is 9.65. The first-order chi connectivity index (χ1) is 13.2. The first kappa shape index (κ1) is 20.2. The van der Waals surface area contributed by atoms with Crippen LogP contribution < -0.4 is 10.2 Å².